The van der Waals surface area contributed by atoms with Gasteiger partial charge in [0, 0.05) is 12.6 Å². The Labute approximate surface area is 105 Å². The molecule has 1 aromatic carbocycles. The van der Waals surface area contributed by atoms with Gasteiger partial charge in [-0.2, -0.15) is 0 Å². The second kappa shape index (κ2) is 6.00. The van der Waals surface area contributed by atoms with Crippen LogP contribution in [-0.4, -0.2) is 29.1 Å². The van der Waals surface area contributed by atoms with Gasteiger partial charge in [0.15, 0.2) is 0 Å². The van der Waals surface area contributed by atoms with Crippen molar-refractivity contribution < 1.29 is 14.8 Å². The molecule has 1 aromatic rings. The van der Waals surface area contributed by atoms with Gasteiger partial charge < -0.3 is 10.0 Å². The van der Waals surface area contributed by atoms with Crippen molar-refractivity contribution in [2.24, 2.45) is 0 Å². The van der Waals surface area contributed by atoms with Gasteiger partial charge in [0.25, 0.3) is 5.69 Å². The molecule has 0 aliphatic heterocycles. The number of nitro groups is 1. The lowest BCUT2D eigenvalue weighted by molar-refractivity contribution is -0.384. The number of carboxylic acid groups (broad SMARTS) is 1. The predicted octanol–water partition coefficient (Wildman–Crippen LogP) is 2.20. The molecular formula is C12H16N2O4. The molecule has 1 rings (SSSR count). The molecule has 0 saturated carbocycles. The zero-order valence-corrected chi connectivity index (χ0v) is 10.4. The highest BCUT2D eigenvalue weighted by atomic mass is 16.6. The first-order valence-electron chi connectivity index (χ1n) is 5.67. The number of nitro benzene ring substituents is 1. The Bertz CT molecular complexity index is 459. The summed E-state index contributed by atoms with van der Waals surface area (Å²) in [6, 6.07) is 4.80. The number of carboxylic acids is 1. The number of nitrogens with zero attached hydrogens (tertiary/aromatic N) is 2. The Morgan fingerprint density at radius 2 is 2.17 bits per heavy atom. The summed E-state index contributed by atoms with van der Waals surface area (Å²) in [5, 5.41) is 19.8. The van der Waals surface area contributed by atoms with E-state index in [4.69, 9.17) is 5.11 Å². The number of hydrogen-bond donors (Lipinski definition) is 1. The van der Waals surface area contributed by atoms with Crippen LogP contribution in [0.25, 0.3) is 0 Å². The summed E-state index contributed by atoms with van der Waals surface area (Å²) in [7, 11) is 0. The van der Waals surface area contributed by atoms with Crippen LogP contribution in [0.15, 0.2) is 18.2 Å². The lowest BCUT2D eigenvalue weighted by Crippen LogP contribution is -2.30. The highest BCUT2D eigenvalue weighted by Crippen LogP contribution is 2.29. The van der Waals surface area contributed by atoms with E-state index >= 15 is 0 Å². The third-order valence-electron chi connectivity index (χ3n) is 2.49. The molecule has 1 N–H and O–H groups in total. The van der Waals surface area contributed by atoms with Gasteiger partial charge in [0.2, 0.25) is 0 Å². The molecule has 6 nitrogen and oxygen atoms in total. The molecule has 0 unspecified atom stereocenters. The largest absolute Gasteiger partial charge is 0.480 e. The summed E-state index contributed by atoms with van der Waals surface area (Å²) in [5.41, 5.74) is 1.08. The Hall–Kier alpha value is -2.11. The first kappa shape index (κ1) is 14.0. The third kappa shape index (κ3) is 3.44. The van der Waals surface area contributed by atoms with Crippen LogP contribution in [0.5, 0.6) is 0 Å². The third-order valence-corrected chi connectivity index (χ3v) is 2.49. The zero-order chi connectivity index (χ0) is 13.7. The Morgan fingerprint density at radius 3 is 2.67 bits per heavy atom. The number of carbonyl (C=O) groups is 1. The zero-order valence-electron chi connectivity index (χ0n) is 10.4. The monoisotopic (exact) mass is 252 g/mol. The smallest absolute Gasteiger partial charge is 0.323 e. The van der Waals surface area contributed by atoms with Gasteiger partial charge in [-0.1, -0.05) is 13.0 Å². The van der Waals surface area contributed by atoms with Crippen LogP contribution in [0.3, 0.4) is 0 Å². The predicted molar refractivity (Wildman–Crippen MR) is 68.0 cm³/mol. The molecule has 0 atom stereocenters. The minimum absolute atomic E-state index is 0.0512. The van der Waals surface area contributed by atoms with Crippen LogP contribution >= 0.6 is 0 Å². The number of anilines is 1. The summed E-state index contributed by atoms with van der Waals surface area (Å²) in [6.07, 6.45) is 0.721. The molecule has 0 aliphatic carbocycles. The van der Waals surface area contributed by atoms with Crippen molar-refractivity contribution in [3.63, 3.8) is 0 Å². The molecule has 0 fully saturated rings. The highest BCUT2D eigenvalue weighted by molar-refractivity contribution is 5.76. The van der Waals surface area contributed by atoms with Crippen LogP contribution in [0.4, 0.5) is 11.4 Å². The van der Waals surface area contributed by atoms with Crippen molar-refractivity contribution in [2.45, 2.75) is 20.3 Å². The van der Waals surface area contributed by atoms with Crippen molar-refractivity contribution in [3.8, 4) is 0 Å². The molecular weight excluding hydrogens is 236 g/mol. The average molecular weight is 252 g/mol. The van der Waals surface area contributed by atoms with Gasteiger partial charge in [-0.15, -0.1) is 0 Å². The van der Waals surface area contributed by atoms with Crippen LogP contribution in [0, 0.1) is 17.0 Å². The SMILES string of the molecule is CCCN(CC(=O)O)c1ccc(C)cc1[N+](=O)[O-]. The minimum Gasteiger partial charge on any atom is -0.480 e. The Morgan fingerprint density at radius 1 is 1.50 bits per heavy atom. The van der Waals surface area contributed by atoms with Gasteiger partial charge in [-0.3, -0.25) is 14.9 Å². The van der Waals surface area contributed by atoms with Crippen molar-refractivity contribution in [1.82, 2.24) is 0 Å². The van der Waals surface area contributed by atoms with Crippen LogP contribution < -0.4 is 4.90 Å². The molecule has 0 aliphatic rings. The van der Waals surface area contributed by atoms with Gasteiger partial charge in [-0.25, -0.2) is 0 Å². The van der Waals surface area contributed by atoms with E-state index < -0.39 is 10.9 Å². The van der Waals surface area contributed by atoms with E-state index in [-0.39, 0.29) is 12.2 Å². The molecule has 0 bridgehead atoms. The Balaban J connectivity index is 3.17. The van der Waals surface area contributed by atoms with Gasteiger partial charge >= 0.3 is 5.97 Å². The maximum Gasteiger partial charge on any atom is 0.323 e. The summed E-state index contributed by atoms with van der Waals surface area (Å²) < 4.78 is 0. The highest BCUT2D eigenvalue weighted by Gasteiger charge is 2.20. The first-order chi connectivity index (χ1) is 8.45. The maximum absolute atomic E-state index is 11.0. The molecule has 6 heteroatoms. The molecule has 0 amide bonds. The number of aryl methyl sites for hydroxylation is 1. The standard InChI is InChI=1S/C12H16N2O4/c1-3-6-13(8-12(15)16)10-5-4-9(2)7-11(10)14(17)18/h4-5,7H,3,6,8H2,1-2H3,(H,15,16). The summed E-state index contributed by atoms with van der Waals surface area (Å²) in [5.74, 6) is -1.00. The van der Waals surface area contributed by atoms with Gasteiger partial charge in [-0.05, 0) is 25.0 Å². The van der Waals surface area contributed by atoms with Crippen molar-refractivity contribution in [3.05, 3.63) is 33.9 Å². The van der Waals surface area contributed by atoms with Crippen LogP contribution in [-0.2, 0) is 4.79 Å². The molecule has 18 heavy (non-hydrogen) atoms. The topological polar surface area (TPSA) is 83.7 Å². The second-order valence-corrected chi connectivity index (χ2v) is 4.06. The van der Waals surface area contributed by atoms with Crippen LogP contribution in [0.2, 0.25) is 0 Å². The fraction of sp³-hybridized carbons (Fsp3) is 0.417. The lowest BCUT2D eigenvalue weighted by atomic mass is 10.1. The van der Waals surface area contributed by atoms with Crippen molar-refractivity contribution in [2.75, 3.05) is 18.0 Å². The number of benzene rings is 1. The second-order valence-electron chi connectivity index (χ2n) is 4.06. The van der Waals surface area contributed by atoms with Crippen LogP contribution in [0.1, 0.15) is 18.9 Å². The summed E-state index contributed by atoms with van der Waals surface area (Å²) in [6.45, 7) is 3.89. The number of aliphatic carboxylic acids is 1. The van der Waals surface area contributed by atoms with E-state index in [1.165, 1.54) is 11.0 Å². The normalized spacial score (nSPS) is 10.1. The van der Waals surface area contributed by atoms with E-state index in [1.807, 2.05) is 6.92 Å². The fourth-order valence-electron chi connectivity index (χ4n) is 1.76. The molecule has 0 saturated heterocycles. The lowest BCUT2D eigenvalue weighted by Gasteiger charge is -2.22. The summed E-state index contributed by atoms with van der Waals surface area (Å²) in [4.78, 5) is 22.8. The van der Waals surface area contributed by atoms with E-state index in [2.05, 4.69) is 0 Å². The average Bonchev–Trinajstić information content (AvgIpc) is 2.27. The first-order valence-corrected chi connectivity index (χ1v) is 5.67. The van der Waals surface area contributed by atoms with Gasteiger partial charge in [0.05, 0.1) is 4.92 Å². The van der Waals surface area contributed by atoms with E-state index in [0.29, 0.717) is 12.2 Å². The number of hydrogen-bond acceptors (Lipinski definition) is 4. The molecule has 98 valence electrons. The minimum atomic E-state index is -1.00. The van der Waals surface area contributed by atoms with E-state index in [0.717, 1.165) is 12.0 Å². The summed E-state index contributed by atoms with van der Waals surface area (Å²) >= 11 is 0. The molecule has 0 aromatic heterocycles. The Kier molecular flexibility index (Phi) is 4.65. The number of rotatable bonds is 6. The molecule has 0 radical (unpaired) electrons. The van der Waals surface area contributed by atoms with Gasteiger partial charge in [0.1, 0.15) is 12.2 Å². The fourth-order valence-corrected chi connectivity index (χ4v) is 1.76. The molecule has 0 spiro atoms. The quantitative estimate of drug-likeness (QED) is 0.619. The van der Waals surface area contributed by atoms with Crippen molar-refractivity contribution >= 4 is 17.3 Å². The molecule has 0 heterocycles. The van der Waals surface area contributed by atoms with E-state index in [9.17, 15) is 14.9 Å². The van der Waals surface area contributed by atoms with Crippen molar-refractivity contribution in [1.29, 1.82) is 0 Å². The van der Waals surface area contributed by atoms with E-state index in [1.54, 1.807) is 19.1 Å². The maximum atomic E-state index is 11.0.